The molecule has 7 heteroatoms. The maximum atomic E-state index is 12.4. The van der Waals surface area contributed by atoms with Gasteiger partial charge < -0.3 is 18.6 Å². The number of aliphatic hydroxyl groups is 1. The minimum absolute atomic E-state index is 0.0335. The van der Waals surface area contributed by atoms with E-state index in [4.69, 9.17) is 18.7 Å². The van der Waals surface area contributed by atoms with Gasteiger partial charge in [-0.1, -0.05) is 0 Å². The molecule has 0 saturated heterocycles. The Balaban J connectivity index is 3.27. The van der Waals surface area contributed by atoms with E-state index >= 15 is 0 Å². The molecule has 0 fully saturated rings. The van der Waals surface area contributed by atoms with Crippen molar-refractivity contribution in [1.29, 1.82) is 5.26 Å². The van der Waals surface area contributed by atoms with Crippen LogP contribution in [0.3, 0.4) is 0 Å². The van der Waals surface area contributed by atoms with Crippen LogP contribution in [0, 0.1) is 11.3 Å². The van der Waals surface area contributed by atoms with Crippen LogP contribution in [-0.4, -0.2) is 18.3 Å². The first-order valence-corrected chi connectivity index (χ1v) is 6.90. The molecule has 0 saturated carbocycles. The van der Waals surface area contributed by atoms with E-state index in [2.05, 4.69) is 0 Å². The lowest BCUT2D eigenvalue weighted by Gasteiger charge is -2.16. The van der Waals surface area contributed by atoms with Crippen molar-refractivity contribution in [3.63, 3.8) is 0 Å². The Morgan fingerprint density at radius 2 is 2.11 bits per heavy atom. The summed E-state index contributed by atoms with van der Waals surface area (Å²) in [6.07, 6.45) is 1.33. The van der Waals surface area contributed by atoms with E-state index in [0.29, 0.717) is 0 Å². The lowest BCUT2D eigenvalue weighted by atomic mass is 10.3. The van der Waals surface area contributed by atoms with E-state index < -0.39 is 18.7 Å². The third-order valence-electron chi connectivity index (χ3n) is 1.96. The minimum atomic E-state index is -3.82. The zero-order valence-corrected chi connectivity index (χ0v) is 11.0. The molecule has 1 aromatic heterocycles. The third kappa shape index (κ3) is 3.02. The molecule has 0 bridgehead atoms. The molecule has 1 rings (SSSR count). The van der Waals surface area contributed by atoms with Crippen molar-refractivity contribution in [2.75, 3.05) is 13.2 Å². The van der Waals surface area contributed by atoms with E-state index in [-0.39, 0.29) is 19.0 Å². The highest BCUT2D eigenvalue weighted by atomic mass is 31.2. The molecule has 0 amide bonds. The van der Waals surface area contributed by atoms with Crippen LogP contribution in [0.1, 0.15) is 19.6 Å². The van der Waals surface area contributed by atoms with Gasteiger partial charge in [-0.3, -0.25) is 4.57 Å². The van der Waals surface area contributed by atoms with Crippen molar-refractivity contribution >= 4 is 13.4 Å². The molecule has 1 N–H and O–H groups in total. The van der Waals surface area contributed by atoms with Gasteiger partial charge in [0.25, 0.3) is 0 Å². The van der Waals surface area contributed by atoms with Gasteiger partial charge in [-0.15, -0.1) is 0 Å². The van der Waals surface area contributed by atoms with Crippen LogP contribution in [0.15, 0.2) is 28.1 Å². The fraction of sp³-hybridized carbons (Fsp3) is 0.364. The number of nitriles is 1. The highest BCUT2D eigenvalue weighted by Crippen LogP contribution is 2.57. The summed E-state index contributed by atoms with van der Waals surface area (Å²) in [6, 6.07) is 4.63. The Morgan fingerprint density at radius 3 is 2.50 bits per heavy atom. The van der Waals surface area contributed by atoms with Crippen molar-refractivity contribution < 1.29 is 23.1 Å². The Bertz CT molecular complexity index is 490. The fourth-order valence-corrected chi connectivity index (χ4v) is 2.78. The highest BCUT2D eigenvalue weighted by Gasteiger charge is 2.34. The largest absolute Gasteiger partial charge is 0.503 e. The predicted molar refractivity (Wildman–Crippen MR) is 64.7 cm³/mol. The summed E-state index contributed by atoms with van der Waals surface area (Å²) in [5, 5.41) is 18.5. The van der Waals surface area contributed by atoms with Crippen molar-refractivity contribution in [2.24, 2.45) is 0 Å². The quantitative estimate of drug-likeness (QED) is 0.484. The van der Waals surface area contributed by atoms with Gasteiger partial charge in [0, 0.05) is 0 Å². The Morgan fingerprint density at radius 1 is 1.50 bits per heavy atom. The second-order valence-corrected chi connectivity index (χ2v) is 5.08. The van der Waals surface area contributed by atoms with Gasteiger partial charge in [0.1, 0.15) is 6.07 Å². The minimum Gasteiger partial charge on any atom is -0.503 e. The lowest BCUT2D eigenvalue weighted by molar-refractivity contribution is 0.227. The molecule has 0 aliphatic heterocycles. The second kappa shape index (κ2) is 6.41. The summed E-state index contributed by atoms with van der Waals surface area (Å²) in [5.41, 5.74) is 0. The predicted octanol–water partition coefficient (Wildman–Crippen LogP) is 3.30. The molecular formula is C11H14NO5P. The maximum Gasteiger partial charge on any atom is 0.375 e. The number of hydrogen-bond acceptors (Lipinski definition) is 6. The molecule has 0 spiro atoms. The maximum absolute atomic E-state index is 12.4. The number of nitrogens with zero attached hydrogens (tertiary/aromatic N) is 1. The highest BCUT2D eigenvalue weighted by molar-refractivity contribution is 7.59. The molecule has 0 unspecified atom stereocenters. The zero-order valence-electron chi connectivity index (χ0n) is 10.1. The number of furan rings is 1. The molecule has 1 heterocycles. The smallest absolute Gasteiger partial charge is 0.375 e. The summed E-state index contributed by atoms with van der Waals surface area (Å²) in [6.45, 7) is 3.41. The molecule has 18 heavy (non-hydrogen) atoms. The van der Waals surface area contributed by atoms with Crippen molar-refractivity contribution in [3.8, 4) is 6.07 Å². The van der Waals surface area contributed by atoms with Crippen LogP contribution in [0.5, 0.6) is 0 Å². The molecule has 0 aliphatic rings. The van der Waals surface area contributed by atoms with E-state index in [1.165, 1.54) is 18.4 Å². The van der Waals surface area contributed by atoms with Crippen LogP contribution >= 0.6 is 7.60 Å². The number of allylic oxidation sites excluding steroid dienone is 1. The van der Waals surface area contributed by atoms with E-state index in [1.54, 1.807) is 19.9 Å². The van der Waals surface area contributed by atoms with Gasteiger partial charge in [0.05, 0.1) is 19.5 Å². The zero-order chi connectivity index (χ0) is 13.6. The van der Waals surface area contributed by atoms with Crippen LogP contribution < -0.4 is 0 Å². The SMILES string of the molecule is CCOP(=O)(OCC)/C(C#N)=C(\O)c1ccco1. The Hall–Kier alpha value is -1.54. The van der Waals surface area contributed by atoms with Gasteiger partial charge in [-0.05, 0) is 26.0 Å². The molecule has 6 nitrogen and oxygen atoms in total. The standard InChI is InChI=1S/C11H14NO5P/c1-3-16-18(14,17-4-2)10(8-12)11(13)9-6-5-7-15-9/h5-7,13H,3-4H2,1-2H3/b11-10-. The number of hydrogen-bond donors (Lipinski definition) is 1. The van der Waals surface area contributed by atoms with Gasteiger partial charge in [-0.2, -0.15) is 5.26 Å². The molecule has 0 aliphatic carbocycles. The topological polar surface area (TPSA) is 92.7 Å². The molecule has 0 atom stereocenters. The van der Waals surface area contributed by atoms with Crippen molar-refractivity contribution in [3.05, 3.63) is 29.5 Å². The summed E-state index contributed by atoms with van der Waals surface area (Å²) in [4.78, 5) is 0. The molecule has 98 valence electrons. The van der Waals surface area contributed by atoms with E-state index in [1.807, 2.05) is 0 Å². The number of rotatable bonds is 6. The summed E-state index contributed by atoms with van der Waals surface area (Å²) < 4.78 is 27.3. The van der Waals surface area contributed by atoms with E-state index in [9.17, 15) is 9.67 Å². The van der Waals surface area contributed by atoms with Crippen LogP contribution in [0.4, 0.5) is 0 Å². The summed E-state index contributed by atoms with van der Waals surface area (Å²) in [7, 11) is -3.82. The van der Waals surface area contributed by atoms with Gasteiger partial charge in [0.15, 0.2) is 16.8 Å². The summed E-state index contributed by atoms with van der Waals surface area (Å²) in [5.74, 6) is -0.501. The summed E-state index contributed by atoms with van der Waals surface area (Å²) >= 11 is 0. The van der Waals surface area contributed by atoms with Crippen LogP contribution in [0.25, 0.3) is 5.76 Å². The first-order chi connectivity index (χ1) is 8.59. The van der Waals surface area contributed by atoms with Gasteiger partial charge in [0.2, 0.25) is 0 Å². The van der Waals surface area contributed by atoms with Crippen LogP contribution in [0.2, 0.25) is 0 Å². The number of aliphatic hydroxyl groups excluding tert-OH is 1. The average Bonchev–Trinajstić information content (AvgIpc) is 2.83. The Kier molecular flexibility index (Phi) is 5.17. The normalized spacial score (nSPS) is 12.9. The van der Waals surface area contributed by atoms with Crippen molar-refractivity contribution in [2.45, 2.75) is 13.8 Å². The Labute approximate surface area is 105 Å². The third-order valence-corrected chi connectivity index (χ3v) is 4.01. The van der Waals surface area contributed by atoms with Gasteiger partial charge in [-0.25, -0.2) is 0 Å². The lowest BCUT2D eigenvalue weighted by Crippen LogP contribution is -2.00. The first kappa shape index (κ1) is 14.5. The second-order valence-electron chi connectivity index (χ2n) is 3.12. The van der Waals surface area contributed by atoms with Crippen LogP contribution in [-0.2, 0) is 13.6 Å². The van der Waals surface area contributed by atoms with Crippen molar-refractivity contribution in [1.82, 2.24) is 0 Å². The first-order valence-electron chi connectivity index (χ1n) is 5.36. The molecule has 0 radical (unpaired) electrons. The average molecular weight is 271 g/mol. The monoisotopic (exact) mass is 271 g/mol. The fourth-order valence-electron chi connectivity index (χ4n) is 1.28. The van der Waals surface area contributed by atoms with E-state index in [0.717, 1.165) is 0 Å². The molecular weight excluding hydrogens is 257 g/mol. The van der Waals surface area contributed by atoms with Gasteiger partial charge >= 0.3 is 7.60 Å². The molecule has 1 aromatic rings. The molecule has 0 aromatic carbocycles.